The van der Waals surface area contributed by atoms with Crippen LogP contribution in [0.5, 0.6) is 0 Å². The van der Waals surface area contributed by atoms with E-state index in [1.807, 2.05) is 36.4 Å². The molecular weight excluding hydrogens is 359 g/mol. The molecule has 2 aromatic rings. The van der Waals surface area contributed by atoms with Gasteiger partial charge in [0.15, 0.2) is 0 Å². The highest BCUT2D eigenvalue weighted by molar-refractivity contribution is 7.84. The summed E-state index contributed by atoms with van der Waals surface area (Å²) in [7, 11) is -4.69. The maximum atomic E-state index is 12.7. The molecule has 0 unspecified atom stereocenters. The van der Waals surface area contributed by atoms with E-state index in [0.717, 1.165) is 22.3 Å². The quantitative estimate of drug-likeness (QED) is 0.832. The van der Waals surface area contributed by atoms with Crippen molar-refractivity contribution in [1.82, 2.24) is 9.62 Å². The van der Waals surface area contributed by atoms with Crippen LogP contribution in [0.4, 0.5) is 8.68 Å². The molecule has 1 fully saturated rings. The predicted molar refractivity (Wildman–Crippen MR) is 93.6 cm³/mol. The van der Waals surface area contributed by atoms with Crippen LogP contribution in [0.3, 0.4) is 0 Å². The first-order valence-corrected chi connectivity index (χ1v) is 9.59. The Morgan fingerprint density at radius 3 is 2.15 bits per heavy atom. The molecule has 1 aliphatic heterocycles. The van der Waals surface area contributed by atoms with Gasteiger partial charge in [0.1, 0.15) is 6.61 Å². The van der Waals surface area contributed by atoms with Crippen LogP contribution in [0, 0.1) is 0 Å². The summed E-state index contributed by atoms with van der Waals surface area (Å²) in [6.45, 7) is 0.0176. The van der Waals surface area contributed by atoms with E-state index in [9.17, 15) is 17.1 Å². The van der Waals surface area contributed by atoms with E-state index in [1.165, 1.54) is 0 Å². The van der Waals surface area contributed by atoms with Gasteiger partial charge in [-0.05, 0) is 22.3 Å². The number of amides is 1. The van der Waals surface area contributed by atoms with Crippen molar-refractivity contribution in [2.24, 2.45) is 0 Å². The maximum Gasteiger partial charge on any atom is 0.407 e. The topological polar surface area (TPSA) is 75.7 Å². The summed E-state index contributed by atoms with van der Waals surface area (Å²) in [6.07, 6.45) is -0.632. The Labute approximate surface area is 150 Å². The number of benzene rings is 2. The predicted octanol–water partition coefficient (Wildman–Crippen LogP) is 2.42. The lowest BCUT2D eigenvalue weighted by atomic mass is 9.98. The van der Waals surface area contributed by atoms with Crippen LogP contribution in [0.15, 0.2) is 48.5 Å². The van der Waals surface area contributed by atoms with Crippen LogP contribution in [0.2, 0.25) is 0 Å². The normalized spacial score (nSPS) is 17.3. The minimum Gasteiger partial charge on any atom is -0.449 e. The van der Waals surface area contributed by atoms with E-state index < -0.39 is 22.5 Å². The Bertz CT molecular complexity index is 912. The molecule has 6 nitrogen and oxygen atoms in total. The first kappa shape index (κ1) is 17.0. The Hall–Kier alpha value is -2.45. The fourth-order valence-electron chi connectivity index (χ4n) is 3.51. The van der Waals surface area contributed by atoms with Crippen LogP contribution >= 0.6 is 0 Å². The minimum atomic E-state index is -4.69. The molecule has 26 heavy (non-hydrogen) atoms. The van der Waals surface area contributed by atoms with E-state index in [1.54, 1.807) is 0 Å². The van der Waals surface area contributed by atoms with Crippen molar-refractivity contribution in [2.75, 3.05) is 19.7 Å². The molecule has 0 spiro atoms. The van der Waals surface area contributed by atoms with Gasteiger partial charge in [0.2, 0.25) is 0 Å². The molecule has 0 atom stereocenters. The van der Waals surface area contributed by atoms with Gasteiger partial charge in [-0.2, -0.15) is 12.7 Å². The molecule has 0 radical (unpaired) electrons. The highest BCUT2D eigenvalue weighted by atomic mass is 32.3. The molecule has 1 aliphatic carbocycles. The zero-order valence-corrected chi connectivity index (χ0v) is 14.6. The Balaban J connectivity index is 1.39. The van der Waals surface area contributed by atoms with E-state index in [4.69, 9.17) is 4.74 Å². The molecule has 8 heteroatoms. The zero-order chi connectivity index (χ0) is 18.3. The van der Waals surface area contributed by atoms with Gasteiger partial charge in [-0.15, -0.1) is 0 Å². The molecule has 1 N–H and O–H groups in total. The van der Waals surface area contributed by atoms with Gasteiger partial charge < -0.3 is 10.1 Å². The van der Waals surface area contributed by atoms with Gasteiger partial charge in [0.25, 0.3) is 0 Å². The fourth-order valence-corrected chi connectivity index (χ4v) is 4.23. The standard InChI is InChI=1S/C18H17FN2O4S/c19-26(23,24)21-9-12(10-21)20-18(22)25-11-17-15-7-3-1-5-13(15)14-6-2-4-8-16(14)17/h1-8,12,17H,9-11H2,(H,20,22). The molecule has 0 saturated carbocycles. The van der Waals surface area contributed by atoms with Crippen LogP contribution in [-0.4, -0.2) is 44.6 Å². The van der Waals surface area contributed by atoms with Gasteiger partial charge in [0.05, 0.1) is 6.04 Å². The number of nitrogens with one attached hydrogen (secondary N) is 1. The molecule has 2 aliphatic rings. The number of rotatable bonds is 4. The third-order valence-electron chi connectivity index (χ3n) is 4.82. The molecule has 136 valence electrons. The third kappa shape index (κ3) is 3.06. The number of halogens is 1. The summed E-state index contributed by atoms with van der Waals surface area (Å²) >= 11 is 0. The number of carbonyl (C=O) groups is 1. The number of ether oxygens (including phenoxy) is 1. The molecule has 0 aromatic heterocycles. The second-order valence-electron chi connectivity index (χ2n) is 6.43. The number of nitrogens with zero attached hydrogens (tertiary/aromatic N) is 1. The number of fused-ring (bicyclic) bond motifs is 3. The molecule has 1 saturated heterocycles. The number of carbonyl (C=O) groups excluding carboxylic acids is 1. The average molecular weight is 376 g/mol. The van der Waals surface area contributed by atoms with Gasteiger partial charge >= 0.3 is 16.5 Å². The average Bonchev–Trinajstić information content (AvgIpc) is 2.89. The highest BCUT2D eigenvalue weighted by Crippen LogP contribution is 2.44. The summed E-state index contributed by atoms with van der Waals surface area (Å²) < 4.78 is 40.1. The number of alkyl carbamates (subject to hydrolysis) is 1. The summed E-state index contributed by atoms with van der Waals surface area (Å²) in [5, 5.41) is 2.56. The molecule has 4 rings (SSSR count). The Kier molecular flexibility index (Phi) is 4.16. The molecular formula is C18H17FN2O4S. The third-order valence-corrected chi connectivity index (χ3v) is 5.74. The van der Waals surface area contributed by atoms with E-state index in [-0.39, 0.29) is 25.6 Å². The smallest absolute Gasteiger partial charge is 0.407 e. The SMILES string of the molecule is O=C(NC1CN(S(=O)(=O)F)C1)OCC1c2ccccc2-c2ccccc21. The Morgan fingerprint density at radius 1 is 1.08 bits per heavy atom. The van der Waals surface area contributed by atoms with Crippen LogP contribution in [0.25, 0.3) is 11.1 Å². The number of hydrogen-bond acceptors (Lipinski definition) is 4. The first-order valence-electron chi connectivity index (χ1n) is 8.25. The second-order valence-corrected chi connectivity index (χ2v) is 7.77. The second kappa shape index (κ2) is 6.37. The monoisotopic (exact) mass is 376 g/mol. The van der Waals surface area contributed by atoms with E-state index >= 15 is 0 Å². The van der Waals surface area contributed by atoms with Crippen LogP contribution in [0.1, 0.15) is 17.0 Å². The van der Waals surface area contributed by atoms with Gasteiger partial charge in [-0.25, -0.2) is 4.79 Å². The van der Waals surface area contributed by atoms with Gasteiger partial charge in [0, 0.05) is 19.0 Å². The zero-order valence-electron chi connectivity index (χ0n) is 13.8. The summed E-state index contributed by atoms with van der Waals surface area (Å²) in [6, 6.07) is 15.6. The highest BCUT2D eigenvalue weighted by Gasteiger charge is 2.37. The molecule has 2 aromatic carbocycles. The number of hydrogen-bond donors (Lipinski definition) is 1. The lowest BCUT2D eigenvalue weighted by Crippen LogP contribution is -2.60. The van der Waals surface area contributed by atoms with E-state index in [0.29, 0.717) is 4.31 Å². The summed E-state index contributed by atoms with van der Waals surface area (Å²) in [5.74, 6) is -0.0442. The molecule has 0 bridgehead atoms. The molecule has 1 heterocycles. The first-order chi connectivity index (χ1) is 12.4. The van der Waals surface area contributed by atoms with Gasteiger partial charge in [-0.3, -0.25) is 0 Å². The van der Waals surface area contributed by atoms with Crippen molar-refractivity contribution in [3.8, 4) is 11.1 Å². The minimum absolute atomic E-state index is 0.0442. The van der Waals surface area contributed by atoms with Crippen molar-refractivity contribution in [3.05, 3.63) is 59.7 Å². The van der Waals surface area contributed by atoms with E-state index in [2.05, 4.69) is 17.4 Å². The summed E-state index contributed by atoms with van der Waals surface area (Å²) in [5.41, 5.74) is 4.50. The fraction of sp³-hybridized carbons (Fsp3) is 0.278. The lowest BCUT2D eigenvalue weighted by molar-refractivity contribution is 0.125. The van der Waals surface area contributed by atoms with Crippen LogP contribution in [-0.2, 0) is 15.1 Å². The van der Waals surface area contributed by atoms with Crippen molar-refractivity contribution in [3.63, 3.8) is 0 Å². The van der Waals surface area contributed by atoms with Gasteiger partial charge in [-0.1, -0.05) is 52.4 Å². The summed E-state index contributed by atoms with van der Waals surface area (Å²) in [4.78, 5) is 12.0. The Morgan fingerprint density at radius 2 is 1.62 bits per heavy atom. The van der Waals surface area contributed by atoms with Crippen molar-refractivity contribution >= 4 is 16.5 Å². The van der Waals surface area contributed by atoms with Crippen molar-refractivity contribution in [1.29, 1.82) is 0 Å². The molecule has 1 amide bonds. The van der Waals surface area contributed by atoms with Crippen molar-refractivity contribution in [2.45, 2.75) is 12.0 Å². The lowest BCUT2D eigenvalue weighted by Gasteiger charge is -2.35. The van der Waals surface area contributed by atoms with Crippen molar-refractivity contribution < 1.29 is 21.8 Å². The van der Waals surface area contributed by atoms with Crippen LogP contribution < -0.4 is 5.32 Å². The largest absolute Gasteiger partial charge is 0.449 e. The maximum absolute atomic E-state index is 12.7.